The first-order valence-corrected chi connectivity index (χ1v) is 7.71. The van der Waals surface area contributed by atoms with E-state index in [1.807, 2.05) is 18.2 Å². The van der Waals surface area contributed by atoms with E-state index in [2.05, 4.69) is 21.0 Å². The number of benzene rings is 1. The molecule has 1 aromatic heterocycles. The molecule has 2 aromatic rings. The van der Waals surface area contributed by atoms with Gasteiger partial charge in [-0.25, -0.2) is 0 Å². The second-order valence-corrected chi connectivity index (χ2v) is 6.29. The lowest BCUT2D eigenvalue weighted by molar-refractivity contribution is 0.0260. The Morgan fingerprint density at radius 2 is 2.19 bits per heavy atom. The van der Waals surface area contributed by atoms with Crippen molar-refractivity contribution in [2.45, 2.75) is 31.8 Å². The molecule has 1 amide bonds. The lowest BCUT2D eigenvalue weighted by atomic mass is 9.80. The molecule has 1 aliphatic carbocycles. The second-order valence-electron chi connectivity index (χ2n) is 5.54. The predicted octanol–water partition coefficient (Wildman–Crippen LogP) is 1.50. The van der Waals surface area contributed by atoms with Gasteiger partial charge in [-0.3, -0.25) is 4.79 Å². The van der Waals surface area contributed by atoms with Crippen LogP contribution in [0.5, 0.6) is 0 Å². The van der Waals surface area contributed by atoms with Gasteiger partial charge in [0.1, 0.15) is 4.88 Å². The Kier molecular flexibility index (Phi) is 3.73. The maximum absolute atomic E-state index is 12.1. The number of aliphatic hydroxyl groups is 1. The topological polar surface area (TPSA) is 75.1 Å². The van der Waals surface area contributed by atoms with Gasteiger partial charge in [-0.15, -0.1) is 5.10 Å². The van der Waals surface area contributed by atoms with Gasteiger partial charge in [0.25, 0.3) is 5.91 Å². The Bertz CT molecular complexity index is 670. The first-order chi connectivity index (χ1) is 10.1. The normalized spacial score (nSPS) is 20.9. The highest BCUT2D eigenvalue weighted by atomic mass is 32.1. The molecule has 0 saturated heterocycles. The average molecular weight is 303 g/mol. The molecule has 6 heteroatoms. The van der Waals surface area contributed by atoms with Gasteiger partial charge in [-0.05, 0) is 42.4 Å². The number of hydrogen-bond acceptors (Lipinski definition) is 5. The van der Waals surface area contributed by atoms with Crippen LogP contribution in [-0.4, -0.2) is 32.7 Å². The summed E-state index contributed by atoms with van der Waals surface area (Å²) in [5.74, 6) is -0.213. The molecule has 110 valence electrons. The fourth-order valence-corrected chi connectivity index (χ4v) is 3.27. The Hall–Kier alpha value is -1.79. The zero-order valence-corrected chi connectivity index (χ0v) is 12.6. The van der Waals surface area contributed by atoms with Gasteiger partial charge >= 0.3 is 0 Å². The molecule has 0 radical (unpaired) electrons. The third-order valence-electron chi connectivity index (χ3n) is 3.93. The molecule has 0 bridgehead atoms. The molecule has 0 saturated carbocycles. The minimum Gasteiger partial charge on any atom is -0.388 e. The SMILES string of the molecule is Cc1nnsc1C(=O)NCC1(O)CCc2ccccc2C1. The molecular formula is C15H17N3O2S. The van der Waals surface area contributed by atoms with Gasteiger partial charge < -0.3 is 10.4 Å². The van der Waals surface area contributed by atoms with Crippen LogP contribution in [0.1, 0.15) is 32.9 Å². The van der Waals surface area contributed by atoms with Crippen molar-refractivity contribution >= 4 is 17.4 Å². The fourth-order valence-electron chi connectivity index (χ4n) is 2.70. The third kappa shape index (κ3) is 2.96. The molecule has 0 fully saturated rings. The number of carbonyl (C=O) groups is 1. The number of fused-ring (bicyclic) bond motifs is 1. The van der Waals surface area contributed by atoms with E-state index in [9.17, 15) is 9.90 Å². The number of carbonyl (C=O) groups excluding carboxylic acids is 1. The van der Waals surface area contributed by atoms with Crippen LogP contribution in [-0.2, 0) is 12.8 Å². The first-order valence-electron chi connectivity index (χ1n) is 6.94. The number of hydrogen-bond donors (Lipinski definition) is 2. The zero-order chi connectivity index (χ0) is 14.9. The number of rotatable bonds is 3. The van der Waals surface area contributed by atoms with Gasteiger partial charge in [0.05, 0.1) is 11.3 Å². The molecule has 1 unspecified atom stereocenters. The molecule has 3 rings (SSSR count). The van der Waals surface area contributed by atoms with Gasteiger partial charge in [0.15, 0.2) is 0 Å². The van der Waals surface area contributed by atoms with Crippen LogP contribution >= 0.6 is 11.5 Å². The summed E-state index contributed by atoms with van der Waals surface area (Å²) < 4.78 is 3.75. The predicted molar refractivity (Wildman–Crippen MR) is 80.4 cm³/mol. The summed E-state index contributed by atoms with van der Waals surface area (Å²) in [5, 5.41) is 17.3. The third-order valence-corrected chi connectivity index (χ3v) is 4.76. The standard InChI is InChI=1S/C15H17N3O2S/c1-10-13(21-18-17-10)14(19)16-9-15(20)7-6-11-4-2-3-5-12(11)8-15/h2-5,20H,6-9H2,1H3,(H,16,19). The summed E-state index contributed by atoms with van der Waals surface area (Å²) in [5.41, 5.74) is 2.20. The summed E-state index contributed by atoms with van der Waals surface area (Å²) in [7, 11) is 0. The van der Waals surface area contributed by atoms with Crippen LogP contribution in [0.2, 0.25) is 0 Å². The van der Waals surface area contributed by atoms with Gasteiger partial charge in [-0.2, -0.15) is 0 Å². The zero-order valence-electron chi connectivity index (χ0n) is 11.8. The van der Waals surface area contributed by atoms with Crippen LogP contribution in [0.3, 0.4) is 0 Å². The number of nitrogens with zero attached hydrogens (tertiary/aromatic N) is 2. The van der Waals surface area contributed by atoms with Crippen molar-refractivity contribution in [3.63, 3.8) is 0 Å². The van der Waals surface area contributed by atoms with Gasteiger partial charge in [0.2, 0.25) is 0 Å². The summed E-state index contributed by atoms with van der Waals surface area (Å²) in [6.07, 6.45) is 2.07. The second kappa shape index (κ2) is 5.54. The van der Waals surface area contributed by atoms with E-state index in [1.54, 1.807) is 6.92 Å². The Balaban J connectivity index is 1.66. The molecule has 0 aliphatic heterocycles. The van der Waals surface area contributed by atoms with E-state index in [-0.39, 0.29) is 12.5 Å². The highest BCUT2D eigenvalue weighted by Gasteiger charge is 2.32. The van der Waals surface area contributed by atoms with Crippen LogP contribution in [0.25, 0.3) is 0 Å². The minimum atomic E-state index is -0.879. The van der Waals surface area contributed by atoms with Crippen LogP contribution in [0, 0.1) is 6.92 Å². The smallest absolute Gasteiger partial charge is 0.265 e. The van der Waals surface area contributed by atoms with E-state index < -0.39 is 5.60 Å². The van der Waals surface area contributed by atoms with Crippen molar-refractivity contribution < 1.29 is 9.90 Å². The van der Waals surface area contributed by atoms with Crippen LogP contribution < -0.4 is 5.32 Å². The molecule has 1 heterocycles. The lowest BCUT2D eigenvalue weighted by Gasteiger charge is -2.33. The van der Waals surface area contributed by atoms with Crippen molar-refractivity contribution in [2.75, 3.05) is 6.54 Å². The van der Waals surface area contributed by atoms with E-state index in [4.69, 9.17) is 0 Å². The molecule has 5 nitrogen and oxygen atoms in total. The summed E-state index contributed by atoms with van der Waals surface area (Å²) in [6, 6.07) is 8.14. The van der Waals surface area contributed by atoms with E-state index >= 15 is 0 Å². The van der Waals surface area contributed by atoms with E-state index in [1.165, 1.54) is 5.56 Å². The quantitative estimate of drug-likeness (QED) is 0.901. The van der Waals surface area contributed by atoms with Crippen molar-refractivity contribution in [3.05, 3.63) is 46.0 Å². The van der Waals surface area contributed by atoms with Crippen molar-refractivity contribution in [3.8, 4) is 0 Å². The Morgan fingerprint density at radius 3 is 2.90 bits per heavy atom. The molecule has 0 spiro atoms. The van der Waals surface area contributed by atoms with E-state index in [0.29, 0.717) is 23.4 Å². The molecule has 1 aliphatic rings. The first kappa shape index (κ1) is 14.2. The summed E-state index contributed by atoms with van der Waals surface area (Å²) in [6.45, 7) is 2.00. The van der Waals surface area contributed by atoms with Crippen molar-refractivity contribution in [2.24, 2.45) is 0 Å². The Morgan fingerprint density at radius 1 is 1.43 bits per heavy atom. The molecule has 21 heavy (non-hydrogen) atoms. The van der Waals surface area contributed by atoms with Crippen molar-refractivity contribution in [1.29, 1.82) is 0 Å². The average Bonchev–Trinajstić information content (AvgIpc) is 2.91. The van der Waals surface area contributed by atoms with Crippen LogP contribution in [0.15, 0.2) is 24.3 Å². The highest BCUT2D eigenvalue weighted by molar-refractivity contribution is 7.07. The number of amides is 1. The van der Waals surface area contributed by atoms with Gasteiger partial charge in [-0.1, -0.05) is 28.8 Å². The molecule has 2 N–H and O–H groups in total. The largest absolute Gasteiger partial charge is 0.388 e. The van der Waals surface area contributed by atoms with Crippen molar-refractivity contribution in [1.82, 2.24) is 14.9 Å². The fraction of sp³-hybridized carbons (Fsp3) is 0.400. The molecular weight excluding hydrogens is 286 g/mol. The lowest BCUT2D eigenvalue weighted by Crippen LogP contribution is -2.46. The number of aryl methyl sites for hydroxylation is 2. The maximum atomic E-state index is 12.1. The number of nitrogens with one attached hydrogen (secondary N) is 1. The monoisotopic (exact) mass is 303 g/mol. The van der Waals surface area contributed by atoms with E-state index in [0.717, 1.165) is 23.5 Å². The maximum Gasteiger partial charge on any atom is 0.265 e. The van der Waals surface area contributed by atoms with Gasteiger partial charge in [0, 0.05) is 13.0 Å². The summed E-state index contributed by atoms with van der Waals surface area (Å²) in [4.78, 5) is 12.6. The molecule has 1 atom stereocenters. The highest BCUT2D eigenvalue weighted by Crippen LogP contribution is 2.28. The minimum absolute atomic E-state index is 0.213. The number of aromatic nitrogens is 2. The van der Waals surface area contributed by atoms with Crippen LogP contribution in [0.4, 0.5) is 0 Å². The Labute approximate surface area is 127 Å². The molecule has 1 aromatic carbocycles. The summed E-state index contributed by atoms with van der Waals surface area (Å²) >= 11 is 1.08.